The van der Waals surface area contributed by atoms with E-state index in [1.165, 1.54) is 0 Å². The van der Waals surface area contributed by atoms with Crippen molar-refractivity contribution in [1.82, 2.24) is 10.6 Å². The predicted molar refractivity (Wildman–Crippen MR) is 94.3 cm³/mol. The van der Waals surface area contributed by atoms with Gasteiger partial charge in [-0.1, -0.05) is 17.7 Å². The van der Waals surface area contributed by atoms with E-state index in [9.17, 15) is 9.59 Å². The van der Waals surface area contributed by atoms with Crippen molar-refractivity contribution in [3.63, 3.8) is 0 Å². The van der Waals surface area contributed by atoms with Crippen LogP contribution in [0.15, 0.2) is 24.3 Å². The van der Waals surface area contributed by atoms with Gasteiger partial charge in [-0.05, 0) is 64.7 Å². The summed E-state index contributed by atoms with van der Waals surface area (Å²) >= 11 is 5.91. The maximum atomic E-state index is 12.2. The molecular weight excluding hydrogens is 328 g/mol. The number of carbonyl (C=O) groups is 2. The first-order valence-electron chi connectivity index (χ1n) is 8.29. The topological polar surface area (TPSA) is 67.4 Å². The zero-order valence-electron chi connectivity index (χ0n) is 14.4. The summed E-state index contributed by atoms with van der Waals surface area (Å²) in [7, 11) is 0. The third-order valence-electron chi connectivity index (χ3n) is 3.87. The van der Waals surface area contributed by atoms with Crippen LogP contribution in [0.25, 0.3) is 0 Å². The van der Waals surface area contributed by atoms with Gasteiger partial charge in [0.25, 0.3) is 5.91 Å². The molecule has 0 aliphatic heterocycles. The van der Waals surface area contributed by atoms with Crippen LogP contribution < -0.4 is 10.6 Å². The molecule has 0 saturated heterocycles. The molecule has 2 N–H and O–H groups in total. The number of benzene rings is 1. The van der Waals surface area contributed by atoms with E-state index in [1.54, 1.807) is 24.3 Å². The summed E-state index contributed by atoms with van der Waals surface area (Å²) < 4.78 is 5.27. The summed E-state index contributed by atoms with van der Waals surface area (Å²) in [6.07, 6.45) is 2.91. The minimum absolute atomic E-state index is 0.0965. The summed E-state index contributed by atoms with van der Waals surface area (Å²) in [5.74, 6) is -0.110. The van der Waals surface area contributed by atoms with Crippen molar-refractivity contribution >= 4 is 23.6 Å². The normalized spacial score (nSPS) is 21.0. The highest BCUT2D eigenvalue weighted by molar-refractivity contribution is 6.30. The number of hydrogen-bond acceptors (Lipinski definition) is 3. The number of nitrogens with one attached hydrogen (secondary N) is 2. The monoisotopic (exact) mass is 352 g/mol. The summed E-state index contributed by atoms with van der Waals surface area (Å²) in [6.45, 7) is 5.53. The van der Waals surface area contributed by atoms with Gasteiger partial charge in [0.15, 0.2) is 0 Å². The smallest absolute Gasteiger partial charge is 0.407 e. The van der Waals surface area contributed by atoms with Crippen LogP contribution in [0.3, 0.4) is 0 Å². The lowest BCUT2D eigenvalue weighted by Gasteiger charge is -2.30. The highest BCUT2D eigenvalue weighted by Gasteiger charge is 2.25. The number of amides is 2. The maximum Gasteiger partial charge on any atom is 0.407 e. The Bertz CT molecular complexity index is 590. The van der Waals surface area contributed by atoms with Crippen molar-refractivity contribution < 1.29 is 14.3 Å². The van der Waals surface area contributed by atoms with Crippen LogP contribution >= 0.6 is 11.6 Å². The number of carbonyl (C=O) groups excluding carboxylic acids is 2. The Hall–Kier alpha value is -1.75. The quantitative estimate of drug-likeness (QED) is 0.866. The molecule has 1 aliphatic rings. The molecule has 0 heterocycles. The van der Waals surface area contributed by atoms with Crippen molar-refractivity contribution in [2.45, 2.75) is 64.1 Å². The fourth-order valence-electron chi connectivity index (χ4n) is 2.75. The molecule has 0 radical (unpaired) electrons. The zero-order chi connectivity index (χ0) is 17.7. The first-order valence-corrected chi connectivity index (χ1v) is 8.67. The van der Waals surface area contributed by atoms with E-state index >= 15 is 0 Å². The van der Waals surface area contributed by atoms with Gasteiger partial charge in [0, 0.05) is 22.7 Å². The van der Waals surface area contributed by atoms with Gasteiger partial charge >= 0.3 is 6.09 Å². The molecule has 0 spiro atoms. The Labute approximate surface area is 148 Å². The zero-order valence-corrected chi connectivity index (χ0v) is 15.2. The third kappa shape index (κ3) is 6.04. The van der Waals surface area contributed by atoms with Crippen LogP contribution in [0.4, 0.5) is 4.79 Å². The molecule has 2 amide bonds. The second-order valence-corrected chi connectivity index (χ2v) is 7.62. The van der Waals surface area contributed by atoms with E-state index in [1.807, 2.05) is 20.8 Å². The molecule has 1 saturated carbocycles. The minimum atomic E-state index is -0.494. The Morgan fingerprint density at radius 1 is 1.08 bits per heavy atom. The van der Waals surface area contributed by atoms with E-state index < -0.39 is 5.60 Å². The number of hydrogen-bond donors (Lipinski definition) is 2. The van der Waals surface area contributed by atoms with Crippen molar-refractivity contribution in [3.05, 3.63) is 34.9 Å². The van der Waals surface area contributed by atoms with Gasteiger partial charge in [0.2, 0.25) is 0 Å². The van der Waals surface area contributed by atoms with Crippen LogP contribution in [0.2, 0.25) is 5.02 Å². The second kappa shape index (κ2) is 7.88. The second-order valence-electron chi connectivity index (χ2n) is 7.18. The molecule has 1 aliphatic carbocycles. The average molecular weight is 353 g/mol. The minimum Gasteiger partial charge on any atom is -0.444 e. The van der Waals surface area contributed by atoms with Crippen molar-refractivity contribution in [1.29, 1.82) is 0 Å². The van der Waals surface area contributed by atoms with Gasteiger partial charge < -0.3 is 15.4 Å². The van der Waals surface area contributed by atoms with Crippen molar-refractivity contribution in [3.8, 4) is 0 Å². The maximum absolute atomic E-state index is 12.2. The Balaban J connectivity index is 1.76. The molecule has 24 heavy (non-hydrogen) atoms. The van der Waals surface area contributed by atoms with E-state index in [-0.39, 0.29) is 24.1 Å². The first kappa shape index (κ1) is 18.6. The number of rotatable bonds is 3. The van der Waals surface area contributed by atoms with Gasteiger partial charge in [-0.2, -0.15) is 0 Å². The lowest BCUT2D eigenvalue weighted by atomic mass is 9.91. The summed E-state index contributed by atoms with van der Waals surface area (Å²) in [5, 5.41) is 6.48. The number of halogens is 1. The van der Waals surface area contributed by atoms with E-state index in [0.717, 1.165) is 25.7 Å². The lowest BCUT2D eigenvalue weighted by molar-refractivity contribution is 0.0488. The van der Waals surface area contributed by atoms with Gasteiger partial charge in [0.05, 0.1) is 0 Å². The summed E-state index contributed by atoms with van der Waals surface area (Å²) in [4.78, 5) is 24.0. The number of ether oxygens (including phenoxy) is 1. The molecule has 2 rings (SSSR count). The van der Waals surface area contributed by atoms with E-state index in [2.05, 4.69) is 10.6 Å². The Morgan fingerprint density at radius 3 is 2.21 bits per heavy atom. The molecular formula is C18H25ClN2O3. The lowest BCUT2D eigenvalue weighted by Crippen LogP contribution is -2.45. The molecule has 0 unspecified atom stereocenters. The van der Waals surface area contributed by atoms with Gasteiger partial charge in [0.1, 0.15) is 5.60 Å². The molecule has 132 valence electrons. The van der Waals surface area contributed by atoms with Gasteiger partial charge in [-0.3, -0.25) is 4.79 Å². The SMILES string of the molecule is CC(C)(C)OC(=O)NC1CCC(NC(=O)c2cccc(Cl)c2)CC1. The fraction of sp³-hybridized carbons (Fsp3) is 0.556. The van der Waals surface area contributed by atoms with E-state index in [0.29, 0.717) is 10.6 Å². The van der Waals surface area contributed by atoms with Crippen LogP contribution in [-0.4, -0.2) is 29.7 Å². The predicted octanol–water partition coefficient (Wildman–Crippen LogP) is 3.91. The van der Waals surface area contributed by atoms with Crippen LogP contribution in [-0.2, 0) is 4.74 Å². The average Bonchev–Trinajstić information content (AvgIpc) is 2.47. The van der Waals surface area contributed by atoms with Gasteiger partial charge in [-0.15, -0.1) is 0 Å². The molecule has 5 nitrogen and oxygen atoms in total. The third-order valence-corrected chi connectivity index (χ3v) is 4.11. The highest BCUT2D eigenvalue weighted by Crippen LogP contribution is 2.20. The molecule has 0 bridgehead atoms. The first-order chi connectivity index (χ1) is 11.2. The fourth-order valence-corrected chi connectivity index (χ4v) is 2.95. The standard InChI is InChI=1S/C18H25ClN2O3/c1-18(2,3)24-17(23)21-15-9-7-14(8-10-15)20-16(22)12-5-4-6-13(19)11-12/h4-6,11,14-15H,7-10H2,1-3H3,(H,20,22)(H,21,23). The molecule has 1 aromatic rings. The Morgan fingerprint density at radius 2 is 1.67 bits per heavy atom. The molecule has 1 aromatic carbocycles. The molecule has 1 fully saturated rings. The molecule has 0 aromatic heterocycles. The van der Waals surface area contributed by atoms with Crippen LogP contribution in [0.1, 0.15) is 56.8 Å². The molecule has 6 heteroatoms. The van der Waals surface area contributed by atoms with Crippen molar-refractivity contribution in [2.24, 2.45) is 0 Å². The summed E-state index contributed by atoms with van der Waals surface area (Å²) in [6, 6.07) is 7.13. The van der Waals surface area contributed by atoms with Gasteiger partial charge in [-0.25, -0.2) is 4.79 Å². The molecule has 0 atom stereocenters. The number of alkyl carbamates (subject to hydrolysis) is 1. The van der Waals surface area contributed by atoms with Crippen LogP contribution in [0, 0.1) is 0 Å². The summed E-state index contributed by atoms with van der Waals surface area (Å²) in [5.41, 5.74) is 0.0724. The van der Waals surface area contributed by atoms with Crippen molar-refractivity contribution in [2.75, 3.05) is 0 Å². The van der Waals surface area contributed by atoms with Crippen LogP contribution in [0.5, 0.6) is 0 Å². The largest absolute Gasteiger partial charge is 0.444 e. The Kier molecular flexibility index (Phi) is 6.10. The van der Waals surface area contributed by atoms with E-state index in [4.69, 9.17) is 16.3 Å². The highest BCUT2D eigenvalue weighted by atomic mass is 35.5.